The Morgan fingerprint density at radius 3 is 2.67 bits per heavy atom. The lowest BCUT2D eigenvalue weighted by atomic mass is 9.92. The van der Waals surface area contributed by atoms with E-state index < -0.39 is 31.1 Å². The molecule has 33 heavy (non-hydrogen) atoms. The molecule has 0 bridgehead atoms. The maximum absolute atomic E-state index is 10.4. The Balaban J connectivity index is 1.34. The first-order valence-corrected chi connectivity index (χ1v) is 11.4. The van der Waals surface area contributed by atoms with Gasteiger partial charge in [0.05, 0.1) is 31.7 Å². The van der Waals surface area contributed by atoms with Crippen LogP contribution in [0.15, 0.2) is 43.0 Å². The highest BCUT2D eigenvalue weighted by Crippen LogP contribution is 2.33. The SMILES string of the molecule is OC[C@H]1OC(n2cnc3c(NC4CCCCC4OCc4ccccc4)ncnc32)[C@H](O)[C@@H]1O. The molecule has 0 spiro atoms. The van der Waals surface area contributed by atoms with E-state index in [-0.39, 0.29) is 12.1 Å². The lowest BCUT2D eigenvalue weighted by Gasteiger charge is -2.32. The maximum Gasteiger partial charge on any atom is 0.167 e. The summed E-state index contributed by atoms with van der Waals surface area (Å²) in [6, 6.07) is 10.2. The van der Waals surface area contributed by atoms with Gasteiger partial charge in [0.15, 0.2) is 23.2 Å². The van der Waals surface area contributed by atoms with Crippen LogP contribution in [0.3, 0.4) is 0 Å². The number of ether oxygens (including phenoxy) is 2. The summed E-state index contributed by atoms with van der Waals surface area (Å²) < 4.78 is 13.5. The average molecular weight is 456 g/mol. The number of hydrogen-bond donors (Lipinski definition) is 4. The molecule has 5 rings (SSSR count). The van der Waals surface area contributed by atoms with E-state index in [1.165, 1.54) is 12.7 Å². The normalized spacial score (nSPS) is 30.0. The highest BCUT2D eigenvalue weighted by molar-refractivity contribution is 5.82. The first-order valence-electron chi connectivity index (χ1n) is 11.4. The van der Waals surface area contributed by atoms with Gasteiger partial charge in [-0.25, -0.2) is 15.0 Å². The number of aromatic nitrogens is 4. The number of fused-ring (bicyclic) bond motifs is 1. The van der Waals surface area contributed by atoms with Crippen LogP contribution in [0.1, 0.15) is 37.5 Å². The van der Waals surface area contributed by atoms with Gasteiger partial charge in [0.2, 0.25) is 0 Å². The van der Waals surface area contributed by atoms with E-state index in [1.807, 2.05) is 18.2 Å². The predicted molar refractivity (Wildman–Crippen MR) is 119 cm³/mol. The van der Waals surface area contributed by atoms with Crippen LogP contribution in [0.2, 0.25) is 0 Å². The van der Waals surface area contributed by atoms with E-state index in [2.05, 4.69) is 32.4 Å². The minimum atomic E-state index is -1.21. The number of nitrogens with one attached hydrogen (secondary N) is 1. The van der Waals surface area contributed by atoms with Gasteiger partial charge in [-0.3, -0.25) is 4.57 Å². The molecular formula is C23H29N5O5. The number of rotatable bonds is 7. The van der Waals surface area contributed by atoms with Crippen LogP contribution in [0.25, 0.3) is 11.2 Å². The van der Waals surface area contributed by atoms with Crippen LogP contribution in [0.5, 0.6) is 0 Å². The Morgan fingerprint density at radius 1 is 1.06 bits per heavy atom. The minimum absolute atomic E-state index is 0.0477. The highest BCUT2D eigenvalue weighted by Gasteiger charge is 2.44. The van der Waals surface area contributed by atoms with Crippen LogP contribution in [0.4, 0.5) is 5.82 Å². The molecule has 0 radical (unpaired) electrons. The van der Waals surface area contributed by atoms with Gasteiger partial charge in [-0.05, 0) is 18.4 Å². The van der Waals surface area contributed by atoms with Crippen LogP contribution in [-0.2, 0) is 16.1 Å². The average Bonchev–Trinajstić information content (AvgIpc) is 3.40. The first kappa shape index (κ1) is 22.2. The van der Waals surface area contributed by atoms with Crippen molar-refractivity contribution in [2.75, 3.05) is 11.9 Å². The molecule has 10 nitrogen and oxygen atoms in total. The fraction of sp³-hybridized carbons (Fsp3) is 0.522. The summed E-state index contributed by atoms with van der Waals surface area (Å²) in [7, 11) is 0. The Bertz CT molecular complexity index is 1060. The molecule has 3 unspecified atom stereocenters. The second-order valence-electron chi connectivity index (χ2n) is 8.65. The number of benzene rings is 1. The van der Waals surface area contributed by atoms with E-state index in [1.54, 1.807) is 4.57 Å². The lowest BCUT2D eigenvalue weighted by molar-refractivity contribution is -0.0511. The molecule has 176 valence electrons. The largest absolute Gasteiger partial charge is 0.394 e. The Kier molecular flexibility index (Phi) is 6.52. The maximum atomic E-state index is 10.4. The fourth-order valence-corrected chi connectivity index (χ4v) is 4.67. The monoisotopic (exact) mass is 455 g/mol. The quantitative estimate of drug-likeness (QED) is 0.417. The first-order chi connectivity index (χ1) is 16.2. The van der Waals surface area contributed by atoms with Crippen molar-refractivity contribution in [3.05, 3.63) is 48.5 Å². The molecule has 1 saturated carbocycles. The molecule has 10 heteroatoms. The van der Waals surface area contributed by atoms with Gasteiger partial charge >= 0.3 is 0 Å². The molecule has 3 aromatic rings. The fourth-order valence-electron chi connectivity index (χ4n) is 4.67. The molecule has 1 aliphatic carbocycles. The van der Waals surface area contributed by atoms with Crippen LogP contribution in [-0.4, -0.2) is 71.9 Å². The van der Waals surface area contributed by atoms with E-state index in [0.29, 0.717) is 23.6 Å². The molecule has 2 aliphatic rings. The lowest BCUT2D eigenvalue weighted by Crippen LogP contribution is -2.38. The summed E-state index contributed by atoms with van der Waals surface area (Å²) in [6.45, 7) is 0.165. The summed E-state index contributed by atoms with van der Waals surface area (Å²) in [5.74, 6) is 0.589. The Hall–Kier alpha value is -2.63. The molecule has 2 fully saturated rings. The Morgan fingerprint density at radius 2 is 1.88 bits per heavy atom. The zero-order valence-electron chi connectivity index (χ0n) is 18.2. The van der Waals surface area contributed by atoms with Gasteiger partial charge < -0.3 is 30.1 Å². The van der Waals surface area contributed by atoms with Gasteiger partial charge in [-0.1, -0.05) is 43.2 Å². The summed E-state index contributed by atoms with van der Waals surface area (Å²) >= 11 is 0. The molecule has 1 saturated heterocycles. The van der Waals surface area contributed by atoms with Crippen molar-refractivity contribution in [2.45, 2.75) is 69.0 Å². The topological polar surface area (TPSA) is 135 Å². The van der Waals surface area contributed by atoms with Crippen LogP contribution >= 0.6 is 0 Å². The third-order valence-corrected chi connectivity index (χ3v) is 6.48. The second-order valence-corrected chi connectivity index (χ2v) is 8.65. The number of aliphatic hydroxyl groups is 3. The summed E-state index contributed by atoms with van der Waals surface area (Å²) in [5.41, 5.74) is 2.16. The van der Waals surface area contributed by atoms with Crippen molar-refractivity contribution >= 4 is 17.0 Å². The third-order valence-electron chi connectivity index (χ3n) is 6.48. The number of anilines is 1. The number of imidazole rings is 1. The van der Waals surface area contributed by atoms with Gasteiger partial charge in [-0.15, -0.1) is 0 Å². The summed E-state index contributed by atoms with van der Waals surface area (Å²) in [6.07, 6.45) is 2.98. The van der Waals surface area contributed by atoms with Crippen LogP contribution < -0.4 is 5.32 Å². The minimum Gasteiger partial charge on any atom is -0.394 e. The second kappa shape index (κ2) is 9.70. The summed E-state index contributed by atoms with van der Waals surface area (Å²) in [4.78, 5) is 13.2. The van der Waals surface area contributed by atoms with Crippen molar-refractivity contribution < 1.29 is 24.8 Å². The molecular weight excluding hydrogens is 426 g/mol. The van der Waals surface area contributed by atoms with E-state index in [9.17, 15) is 15.3 Å². The smallest absolute Gasteiger partial charge is 0.167 e. The number of nitrogens with zero attached hydrogens (tertiary/aromatic N) is 4. The van der Waals surface area contributed by atoms with Crippen LogP contribution in [0, 0.1) is 0 Å². The standard InChI is InChI=1S/C23H29N5O5/c29-10-17-19(30)20(31)23(33-17)28-13-26-18-21(24-12-25-22(18)28)27-15-8-4-5-9-16(15)32-11-14-6-2-1-3-7-14/h1-3,6-7,12-13,15-17,19-20,23,29-31H,4-5,8-11H2,(H,24,25,27)/t15?,16?,17-,19-,20-,23?/m1/s1. The van der Waals surface area contributed by atoms with E-state index in [4.69, 9.17) is 9.47 Å². The molecule has 6 atom stereocenters. The number of aliphatic hydroxyl groups excluding tert-OH is 3. The van der Waals surface area contributed by atoms with Crippen molar-refractivity contribution in [1.29, 1.82) is 0 Å². The van der Waals surface area contributed by atoms with Crippen molar-refractivity contribution in [3.8, 4) is 0 Å². The Labute approximate surface area is 191 Å². The zero-order valence-corrected chi connectivity index (χ0v) is 18.2. The molecule has 2 aromatic heterocycles. The van der Waals surface area contributed by atoms with E-state index >= 15 is 0 Å². The van der Waals surface area contributed by atoms with Gasteiger partial charge in [-0.2, -0.15) is 0 Å². The highest BCUT2D eigenvalue weighted by atomic mass is 16.6. The van der Waals surface area contributed by atoms with Gasteiger partial charge in [0.25, 0.3) is 0 Å². The van der Waals surface area contributed by atoms with Crippen molar-refractivity contribution in [3.63, 3.8) is 0 Å². The zero-order chi connectivity index (χ0) is 22.8. The van der Waals surface area contributed by atoms with Gasteiger partial charge in [0.1, 0.15) is 24.6 Å². The van der Waals surface area contributed by atoms with E-state index in [0.717, 1.165) is 31.2 Å². The molecule has 1 aromatic carbocycles. The van der Waals surface area contributed by atoms with Crippen molar-refractivity contribution in [1.82, 2.24) is 19.5 Å². The molecule has 4 N–H and O–H groups in total. The third kappa shape index (κ3) is 4.44. The molecule has 0 amide bonds. The summed E-state index contributed by atoms with van der Waals surface area (Å²) in [5, 5.41) is 33.4. The van der Waals surface area contributed by atoms with Crippen molar-refractivity contribution in [2.24, 2.45) is 0 Å². The number of hydrogen-bond acceptors (Lipinski definition) is 9. The van der Waals surface area contributed by atoms with Gasteiger partial charge in [0, 0.05) is 0 Å². The molecule has 3 heterocycles. The molecule has 1 aliphatic heterocycles. The predicted octanol–water partition coefficient (Wildman–Crippen LogP) is 1.38.